The summed E-state index contributed by atoms with van der Waals surface area (Å²) in [4.78, 5) is 14.4. The first-order valence-electron chi connectivity index (χ1n) is 11.5. The molecule has 1 amide bonds. The lowest BCUT2D eigenvalue weighted by atomic mass is 9.91. The number of carbonyl (C=O) groups excluding carboxylic acids is 1. The van der Waals surface area contributed by atoms with Crippen molar-refractivity contribution in [2.75, 3.05) is 26.2 Å². The number of rotatable bonds is 7. The lowest BCUT2D eigenvalue weighted by molar-refractivity contribution is -0.134. The fourth-order valence-electron chi connectivity index (χ4n) is 4.28. The molecular weight excluding hydrogens is 382 g/mol. The van der Waals surface area contributed by atoms with Gasteiger partial charge >= 0.3 is 0 Å². The molecule has 5 heteroatoms. The van der Waals surface area contributed by atoms with Crippen LogP contribution >= 0.6 is 11.6 Å². The van der Waals surface area contributed by atoms with Crippen LogP contribution in [0.4, 0.5) is 0 Å². The van der Waals surface area contributed by atoms with Crippen LogP contribution < -0.4 is 11.1 Å². The molecule has 1 aromatic carbocycles. The van der Waals surface area contributed by atoms with Crippen LogP contribution in [-0.2, 0) is 10.7 Å². The molecule has 2 aliphatic heterocycles. The van der Waals surface area contributed by atoms with Crippen LogP contribution in [0.25, 0.3) is 0 Å². The van der Waals surface area contributed by atoms with Crippen LogP contribution in [0, 0.1) is 11.8 Å². The van der Waals surface area contributed by atoms with Crippen LogP contribution in [0.15, 0.2) is 30.3 Å². The van der Waals surface area contributed by atoms with Gasteiger partial charge < -0.3 is 16.0 Å². The summed E-state index contributed by atoms with van der Waals surface area (Å²) < 4.78 is 0. The third-order valence-corrected chi connectivity index (χ3v) is 6.71. The van der Waals surface area contributed by atoms with E-state index in [1.54, 1.807) is 0 Å². The molecule has 2 heterocycles. The Kier molecular flexibility index (Phi) is 11.7. The lowest BCUT2D eigenvalue weighted by Gasteiger charge is -2.33. The van der Waals surface area contributed by atoms with Gasteiger partial charge in [0.25, 0.3) is 0 Å². The van der Waals surface area contributed by atoms with Gasteiger partial charge in [0.1, 0.15) is 0 Å². The molecule has 3 N–H and O–H groups in total. The number of nitrogens with one attached hydrogen (secondary N) is 1. The molecule has 29 heavy (non-hydrogen) atoms. The Balaban J connectivity index is 0.000000313. The average molecular weight is 422 g/mol. The predicted molar refractivity (Wildman–Crippen MR) is 123 cm³/mol. The summed E-state index contributed by atoms with van der Waals surface area (Å²) in [5.41, 5.74) is 7.30. The van der Waals surface area contributed by atoms with E-state index in [2.05, 4.69) is 12.2 Å². The molecule has 0 bridgehead atoms. The number of nitrogens with zero attached hydrogens (tertiary/aromatic N) is 1. The average Bonchev–Trinajstić information content (AvgIpc) is 2.80. The third kappa shape index (κ3) is 9.06. The van der Waals surface area contributed by atoms with Crippen molar-refractivity contribution >= 4 is 17.5 Å². The molecule has 2 aliphatic rings. The molecule has 1 atom stereocenters. The highest BCUT2D eigenvalue weighted by Crippen LogP contribution is 2.22. The largest absolute Gasteiger partial charge is 0.341 e. The van der Waals surface area contributed by atoms with Gasteiger partial charge in [0.05, 0.1) is 6.04 Å². The zero-order chi connectivity index (χ0) is 20.9. The minimum absolute atomic E-state index is 0.190. The predicted octanol–water partition coefficient (Wildman–Crippen LogP) is 4.56. The number of piperidine rings is 2. The quantitative estimate of drug-likeness (QED) is 0.634. The van der Waals surface area contributed by atoms with Gasteiger partial charge in [-0.05, 0) is 62.6 Å². The summed E-state index contributed by atoms with van der Waals surface area (Å²) in [6, 6.07) is 9.69. The highest BCUT2D eigenvalue weighted by molar-refractivity contribution is 6.17. The summed E-state index contributed by atoms with van der Waals surface area (Å²) in [5.74, 6) is 2.45. The second kappa shape index (κ2) is 14.0. The third-order valence-electron chi connectivity index (χ3n) is 6.40. The monoisotopic (exact) mass is 421 g/mol. The van der Waals surface area contributed by atoms with Gasteiger partial charge in [0.15, 0.2) is 0 Å². The number of amides is 1. The van der Waals surface area contributed by atoms with E-state index in [-0.39, 0.29) is 11.9 Å². The Labute approximate surface area is 182 Å². The SMILES string of the molecule is CCC1CCN(C(=O)[C@@H](N)CCCC2CCNCC2)CC1.ClCc1ccccc1. The van der Waals surface area contributed by atoms with E-state index in [4.69, 9.17) is 17.3 Å². The maximum atomic E-state index is 12.4. The fraction of sp³-hybridized carbons (Fsp3) is 0.708. The van der Waals surface area contributed by atoms with Crippen molar-refractivity contribution in [1.29, 1.82) is 0 Å². The molecule has 0 unspecified atom stereocenters. The van der Waals surface area contributed by atoms with Crippen LogP contribution in [-0.4, -0.2) is 43.0 Å². The first-order chi connectivity index (χ1) is 14.1. The molecule has 0 saturated carbocycles. The van der Waals surface area contributed by atoms with E-state index in [9.17, 15) is 4.79 Å². The first kappa shape index (κ1) is 24.2. The zero-order valence-electron chi connectivity index (χ0n) is 18.1. The van der Waals surface area contributed by atoms with Gasteiger partial charge in [-0.3, -0.25) is 4.79 Å². The van der Waals surface area contributed by atoms with Gasteiger partial charge in [0, 0.05) is 19.0 Å². The van der Waals surface area contributed by atoms with Crippen molar-refractivity contribution in [3.63, 3.8) is 0 Å². The van der Waals surface area contributed by atoms with Crippen molar-refractivity contribution in [2.45, 2.75) is 70.2 Å². The lowest BCUT2D eigenvalue weighted by Crippen LogP contribution is -2.47. The number of benzene rings is 1. The van der Waals surface area contributed by atoms with E-state index >= 15 is 0 Å². The minimum Gasteiger partial charge on any atom is -0.341 e. The van der Waals surface area contributed by atoms with Gasteiger partial charge in [-0.25, -0.2) is 0 Å². The molecule has 0 aromatic heterocycles. The van der Waals surface area contributed by atoms with Gasteiger partial charge in [-0.2, -0.15) is 0 Å². The summed E-state index contributed by atoms with van der Waals surface area (Å²) in [7, 11) is 0. The summed E-state index contributed by atoms with van der Waals surface area (Å²) in [6.45, 7) is 6.39. The molecule has 2 saturated heterocycles. The van der Waals surface area contributed by atoms with Gasteiger partial charge in [-0.15, -0.1) is 11.6 Å². The molecule has 0 radical (unpaired) electrons. The Morgan fingerprint density at radius 3 is 2.34 bits per heavy atom. The topological polar surface area (TPSA) is 58.4 Å². The van der Waals surface area contributed by atoms with E-state index in [1.165, 1.54) is 31.2 Å². The number of carbonyl (C=O) groups is 1. The van der Waals surface area contributed by atoms with Crippen LogP contribution in [0.2, 0.25) is 0 Å². The molecule has 2 fully saturated rings. The zero-order valence-corrected chi connectivity index (χ0v) is 18.9. The van der Waals surface area contributed by atoms with Crippen LogP contribution in [0.3, 0.4) is 0 Å². The maximum Gasteiger partial charge on any atom is 0.239 e. The molecule has 3 rings (SSSR count). The Bertz CT molecular complexity index is 555. The molecule has 0 spiro atoms. The number of halogens is 1. The van der Waals surface area contributed by atoms with Gasteiger partial charge in [-0.1, -0.05) is 56.5 Å². The second-order valence-electron chi connectivity index (χ2n) is 8.53. The number of likely N-dealkylation sites (tertiary alicyclic amines) is 1. The summed E-state index contributed by atoms with van der Waals surface area (Å²) in [6.07, 6.45) is 9.32. The normalized spacial score (nSPS) is 19.3. The fourth-order valence-corrected chi connectivity index (χ4v) is 4.46. The standard InChI is InChI=1S/C17H33N3O.C7H7Cl/c1-2-14-8-12-20(13-9-14)17(21)16(18)5-3-4-15-6-10-19-11-7-15;8-6-7-4-2-1-3-5-7/h14-16,19H,2-13,18H2,1H3;1-5H,6H2/t16-;/m0./s1. The number of alkyl halides is 1. The molecule has 1 aromatic rings. The van der Waals surface area contributed by atoms with E-state index < -0.39 is 0 Å². The Morgan fingerprint density at radius 1 is 1.14 bits per heavy atom. The van der Waals surface area contributed by atoms with Gasteiger partial charge in [0.2, 0.25) is 5.91 Å². The molecule has 0 aliphatic carbocycles. The molecule has 4 nitrogen and oxygen atoms in total. The Morgan fingerprint density at radius 2 is 1.79 bits per heavy atom. The highest BCUT2D eigenvalue weighted by Gasteiger charge is 2.25. The van der Waals surface area contributed by atoms with Crippen molar-refractivity contribution in [1.82, 2.24) is 10.2 Å². The highest BCUT2D eigenvalue weighted by atomic mass is 35.5. The summed E-state index contributed by atoms with van der Waals surface area (Å²) in [5, 5.41) is 3.40. The number of hydrogen-bond donors (Lipinski definition) is 2. The molecule has 164 valence electrons. The van der Waals surface area contributed by atoms with Crippen LogP contribution in [0.1, 0.15) is 63.9 Å². The minimum atomic E-state index is -0.273. The van der Waals surface area contributed by atoms with Crippen molar-refractivity contribution < 1.29 is 4.79 Å². The van der Waals surface area contributed by atoms with Crippen molar-refractivity contribution in [3.8, 4) is 0 Å². The van der Waals surface area contributed by atoms with E-state index in [1.807, 2.05) is 35.2 Å². The number of nitrogens with two attached hydrogens (primary N) is 1. The van der Waals surface area contributed by atoms with Crippen molar-refractivity contribution in [3.05, 3.63) is 35.9 Å². The Hall–Kier alpha value is -1.10. The maximum absolute atomic E-state index is 12.4. The number of hydrogen-bond acceptors (Lipinski definition) is 3. The summed E-state index contributed by atoms with van der Waals surface area (Å²) >= 11 is 5.53. The molecular formula is C24H40ClN3O. The van der Waals surface area contributed by atoms with E-state index in [0.717, 1.165) is 63.7 Å². The smallest absolute Gasteiger partial charge is 0.239 e. The second-order valence-corrected chi connectivity index (χ2v) is 8.79. The first-order valence-corrected chi connectivity index (χ1v) is 12.0. The van der Waals surface area contributed by atoms with Crippen LogP contribution in [0.5, 0.6) is 0 Å². The van der Waals surface area contributed by atoms with Crippen molar-refractivity contribution in [2.24, 2.45) is 17.6 Å². The van der Waals surface area contributed by atoms with E-state index in [0.29, 0.717) is 5.88 Å².